The van der Waals surface area contributed by atoms with Crippen LogP contribution in [0.3, 0.4) is 0 Å². The summed E-state index contributed by atoms with van der Waals surface area (Å²) in [5, 5.41) is 15.3. The lowest BCUT2D eigenvalue weighted by atomic mass is 9.90. The number of carbonyl (C=O) groups excluding carboxylic acids is 1. The van der Waals surface area contributed by atoms with Gasteiger partial charge in [0.1, 0.15) is 11.9 Å². The fourth-order valence-corrected chi connectivity index (χ4v) is 6.06. The Hall–Kier alpha value is -2.19. The highest BCUT2D eigenvalue weighted by Crippen LogP contribution is 2.38. The summed E-state index contributed by atoms with van der Waals surface area (Å²) < 4.78 is 11.9. The molecular formula is C26H31NO4S2. The molecule has 4 rings (SSSR count). The van der Waals surface area contributed by atoms with E-state index in [4.69, 9.17) is 9.47 Å². The van der Waals surface area contributed by atoms with Crippen molar-refractivity contribution in [3.63, 3.8) is 0 Å². The molecule has 2 atom stereocenters. The second-order valence-electron chi connectivity index (χ2n) is 8.38. The summed E-state index contributed by atoms with van der Waals surface area (Å²) in [7, 11) is 0. The number of hydrogen-bond acceptors (Lipinski definition) is 7. The third-order valence-corrected chi connectivity index (χ3v) is 8.20. The normalized spacial score (nSPS) is 19.3. The van der Waals surface area contributed by atoms with Crippen LogP contribution in [0.1, 0.15) is 35.9 Å². The van der Waals surface area contributed by atoms with Gasteiger partial charge in [-0.25, -0.2) is 4.79 Å². The number of esters is 1. The molecular weight excluding hydrogens is 454 g/mol. The summed E-state index contributed by atoms with van der Waals surface area (Å²) in [6, 6.07) is 17.1. The van der Waals surface area contributed by atoms with Crippen molar-refractivity contribution in [3.8, 4) is 5.75 Å². The van der Waals surface area contributed by atoms with Crippen molar-refractivity contribution in [3.05, 3.63) is 75.1 Å². The Morgan fingerprint density at radius 3 is 2.39 bits per heavy atom. The summed E-state index contributed by atoms with van der Waals surface area (Å²) in [5.74, 6) is 0.599. The number of hydrogen-bond donors (Lipinski definition) is 1. The van der Waals surface area contributed by atoms with Crippen LogP contribution in [0.25, 0.3) is 0 Å². The lowest BCUT2D eigenvalue weighted by Crippen LogP contribution is -2.49. The molecule has 1 saturated heterocycles. The summed E-state index contributed by atoms with van der Waals surface area (Å²) >= 11 is 2.74. The Morgan fingerprint density at radius 2 is 1.79 bits per heavy atom. The van der Waals surface area contributed by atoms with E-state index in [0.29, 0.717) is 28.8 Å². The molecule has 1 aliphatic heterocycles. The average molecular weight is 486 g/mol. The Balaban J connectivity index is 1.38. The van der Waals surface area contributed by atoms with E-state index in [1.807, 2.05) is 53.2 Å². The third-order valence-electron chi connectivity index (χ3n) is 6.24. The maximum absolute atomic E-state index is 13.4. The van der Waals surface area contributed by atoms with Crippen LogP contribution in [-0.4, -0.2) is 48.3 Å². The molecule has 0 saturated carbocycles. The number of likely N-dealkylation sites (tertiary alicyclic amines) is 1. The highest BCUT2D eigenvalue weighted by atomic mass is 32.1. The minimum Gasteiger partial charge on any atom is -0.494 e. The molecule has 2 aromatic heterocycles. The quantitative estimate of drug-likeness (QED) is 0.318. The maximum atomic E-state index is 13.4. The molecule has 33 heavy (non-hydrogen) atoms. The first-order valence-corrected chi connectivity index (χ1v) is 13.3. The smallest absolute Gasteiger partial charge is 0.349 e. The van der Waals surface area contributed by atoms with Crippen molar-refractivity contribution >= 4 is 28.6 Å². The van der Waals surface area contributed by atoms with Crippen LogP contribution < -0.4 is 4.74 Å². The van der Waals surface area contributed by atoms with Crippen LogP contribution in [-0.2, 0) is 15.1 Å². The highest BCUT2D eigenvalue weighted by molar-refractivity contribution is 7.12. The topological polar surface area (TPSA) is 59.0 Å². The number of benzene rings is 1. The van der Waals surface area contributed by atoms with Gasteiger partial charge in [-0.05, 0) is 66.8 Å². The monoisotopic (exact) mass is 485 g/mol. The molecule has 0 amide bonds. The van der Waals surface area contributed by atoms with Crippen LogP contribution in [0.5, 0.6) is 5.75 Å². The van der Waals surface area contributed by atoms with Crippen molar-refractivity contribution in [2.75, 3.05) is 26.2 Å². The molecule has 0 radical (unpaired) electrons. The Bertz CT molecular complexity index is 941. The molecule has 1 aliphatic rings. The Kier molecular flexibility index (Phi) is 8.20. The van der Waals surface area contributed by atoms with Gasteiger partial charge >= 0.3 is 5.97 Å². The number of thiophene rings is 2. The molecule has 7 heteroatoms. The van der Waals surface area contributed by atoms with Gasteiger partial charge in [0.25, 0.3) is 0 Å². The summed E-state index contributed by atoms with van der Waals surface area (Å²) in [6.07, 6.45) is 2.59. The van der Waals surface area contributed by atoms with Crippen LogP contribution in [0.2, 0.25) is 0 Å². The standard InChI is InChI=1S/C26H31NO4S2/c1-2-20-13-15-27(14-8-16-30-21-9-4-3-5-10-21)19-22(20)31-25(28)26(29,23-11-6-17-32-23)24-12-7-18-33-24/h3-7,9-12,17-18,20,22,29H,2,8,13-16,19H2,1H3/t20?,22-/m0/s1. The van der Waals surface area contributed by atoms with Crippen LogP contribution in [0, 0.1) is 5.92 Å². The van der Waals surface area contributed by atoms with Gasteiger partial charge in [-0.15, -0.1) is 22.7 Å². The van der Waals surface area contributed by atoms with E-state index >= 15 is 0 Å². The molecule has 5 nitrogen and oxygen atoms in total. The lowest BCUT2D eigenvalue weighted by molar-refractivity contribution is -0.173. The predicted octanol–water partition coefficient (Wildman–Crippen LogP) is 5.16. The molecule has 3 aromatic rings. The molecule has 0 spiro atoms. The van der Waals surface area contributed by atoms with Crippen LogP contribution >= 0.6 is 22.7 Å². The maximum Gasteiger partial charge on any atom is 0.349 e. The van der Waals surface area contributed by atoms with Gasteiger partial charge in [-0.2, -0.15) is 0 Å². The molecule has 1 unspecified atom stereocenters. The molecule has 3 heterocycles. The van der Waals surface area contributed by atoms with Crippen molar-refractivity contribution in [2.24, 2.45) is 5.92 Å². The lowest BCUT2D eigenvalue weighted by Gasteiger charge is -2.39. The number of carbonyl (C=O) groups is 1. The SMILES string of the molecule is CCC1CCN(CCCOc2ccccc2)C[C@@H]1OC(=O)C(O)(c1cccs1)c1cccs1. The van der Waals surface area contributed by atoms with E-state index < -0.39 is 11.6 Å². The number of para-hydroxylation sites is 1. The molecule has 0 bridgehead atoms. The average Bonchev–Trinajstić information content (AvgIpc) is 3.57. The molecule has 0 aliphatic carbocycles. The minimum atomic E-state index is -1.76. The zero-order valence-electron chi connectivity index (χ0n) is 18.9. The van der Waals surface area contributed by atoms with E-state index in [2.05, 4.69) is 11.8 Å². The van der Waals surface area contributed by atoms with E-state index in [1.165, 1.54) is 22.7 Å². The van der Waals surface area contributed by atoms with Gasteiger partial charge < -0.3 is 14.6 Å². The van der Waals surface area contributed by atoms with Crippen molar-refractivity contribution in [1.29, 1.82) is 0 Å². The first kappa shape index (κ1) is 24.0. The van der Waals surface area contributed by atoms with Gasteiger partial charge in [0.05, 0.1) is 16.4 Å². The van der Waals surface area contributed by atoms with Gasteiger partial charge in [0.15, 0.2) is 0 Å². The molecule has 1 aromatic carbocycles. The van der Waals surface area contributed by atoms with Gasteiger partial charge in [-0.3, -0.25) is 4.90 Å². The first-order chi connectivity index (χ1) is 16.1. The number of nitrogens with zero attached hydrogens (tertiary/aromatic N) is 1. The summed E-state index contributed by atoms with van der Waals surface area (Å²) in [6.45, 7) is 5.34. The Morgan fingerprint density at radius 1 is 1.09 bits per heavy atom. The second-order valence-corrected chi connectivity index (χ2v) is 10.3. The van der Waals surface area contributed by atoms with Crippen LogP contribution in [0.4, 0.5) is 0 Å². The Labute approximate surface area is 203 Å². The number of ether oxygens (including phenoxy) is 2. The van der Waals surface area contributed by atoms with Crippen molar-refractivity contribution in [1.82, 2.24) is 4.90 Å². The van der Waals surface area contributed by atoms with E-state index in [-0.39, 0.29) is 6.10 Å². The second kappa shape index (κ2) is 11.3. The van der Waals surface area contributed by atoms with E-state index in [1.54, 1.807) is 12.1 Å². The van der Waals surface area contributed by atoms with E-state index in [0.717, 1.165) is 38.1 Å². The third kappa shape index (κ3) is 5.66. The zero-order valence-corrected chi connectivity index (χ0v) is 20.5. The molecule has 1 fully saturated rings. The summed E-state index contributed by atoms with van der Waals surface area (Å²) in [4.78, 5) is 16.9. The molecule has 1 N–H and O–H groups in total. The number of piperidine rings is 1. The van der Waals surface area contributed by atoms with Crippen molar-refractivity contribution < 1.29 is 19.4 Å². The largest absolute Gasteiger partial charge is 0.494 e. The van der Waals surface area contributed by atoms with Crippen molar-refractivity contribution in [2.45, 2.75) is 37.9 Å². The zero-order chi connectivity index (χ0) is 23.1. The van der Waals surface area contributed by atoms with Gasteiger partial charge in [0, 0.05) is 13.1 Å². The fraction of sp³-hybridized carbons (Fsp3) is 0.423. The molecule has 176 valence electrons. The number of rotatable bonds is 10. The first-order valence-electron chi connectivity index (χ1n) is 11.5. The number of aliphatic hydroxyl groups is 1. The summed E-state index contributed by atoms with van der Waals surface area (Å²) in [5.41, 5.74) is -1.76. The minimum absolute atomic E-state index is 0.238. The van der Waals surface area contributed by atoms with Gasteiger partial charge in [-0.1, -0.05) is 37.3 Å². The van der Waals surface area contributed by atoms with E-state index in [9.17, 15) is 9.90 Å². The van der Waals surface area contributed by atoms with Crippen LogP contribution in [0.15, 0.2) is 65.4 Å². The predicted molar refractivity (Wildman–Crippen MR) is 133 cm³/mol. The highest BCUT2D eigenvalue weighted by Gasteiger charge is 2.46. The fourth-order valence-electron chi connectivity index (χ4n) is 4.34. The van der Waals surface area contributed by atoms with Gasteiger partial charge in [0.2, 0.25) is 5.60 Å².